The first-order valence-electron chi connectivity index (χ1n) is 10.4. The Hall–Kier alpha value is -2.56. The van der Waals surface area contributed by atoms with E-state index in [9.17, 15) is 4.79 Å². The van der Waals surface area contributed by atoms with E-state index in [2.05, 4.69) is 62.3 Å². The van der Waals surface area contributed by atoms with Crippen LogP contribution in [0.2, 0.25) is 0 Å². The number of carbonyl (C=O) groups is 1. The predicted octanol–water partition coefficient (Wildman–Crippen LogP) is 6.06. The molecule has 0 saturated carbocycles. The highest BCUT2D eigenvalue weighted by molar-refractivity contribution is 5.93. The molecule has 1 N–H and O–H groups in total. The first-order chi connectivity index (χ1) is 14.0. The SMILES string of the molecule is CC(C)c1ccccc1.CCCC(CCC)C(=O)Nc1ccc(OC)nc1OC. The number of carbonyl (C=O) groups excluding carboxylic acids is 1. The van der Waals surface area contributed by atoms with Crippen LogP contribution >= 0.6 is 0 Å². The van der Waals surface area contributed by atoms with Crippen molar-refractivity contribution in [1.82, 2.24) is 4.98 Å². The number of hydrogen-bond donors (Lipinski definition) is 1. The molecule has 2 aromatic rings. The van der Waals surface area contributed by atoms with E-state index in [1.165, 1.54) is 12.7 Å². The second-order valence-corrected chi connectivity index (χ2v) is 7.24. The molecule has 0 aliphatic heterocycles. The average Bonchev–Trinajstić information content (AvgIpc) is 2.74. The first-order valence-corrected chi connectivity index (χ1v) is 10.4. The van der Waals surface area contributed by atoms with Crippen molar-refractivity contribution in [2.75, 3.05) is 19.5 Å². The van der Waals surface area contributed by atoms with Crippen molar-refractivity contribution in [1.29, 1.82) is 0 Å². The Balaban J connectivity index is 0.000000387. The van der Waals surface area contributed by atoms with Crippen LogP contribution in [0.1, 0.15) is 64.9 Å². The summed E-state index contributed by atoms with van der Waals surface area (Å²) in [7, 11) is 3.06. The summed E-state index contributed by atoms with van der Waals surface area (Å²) in [6.07, 6.45) is 3.78. The smallest absolute Gasteiger partial charge is 0.240 e. The number of nitrogens with zero attached hydrogens (tertiary/aromatic N) is 1. The monoisotopic (exact) mass is 400 g/mol. The maximum Gasteiger partial charge on any atom is 0.240 e. The van der Waals surface area contributed by atoms with Crippen LogP contribution in [0.4, 0.5) is 5.69 Å². The van der Waals surface area contributed by atoms with Crippen molar-refractivity contribution in [3.05, 3.63) is 48.0 Å². The topological polar surface area (TPSA) is 60.5 Å². The van der Waals surface area contributed by atoms with Gasteiger partial charge in [-0.2, -0.15) is 4.98 Å². The molecule has 1 amide bonds. The van der Waals surface area contributed by atoms with Crippen LogP contribution in [0.5, 0.6) is 11.8 Å². The summed E-state index contributed by atoms with van der Waals surface area (Å²) in [5.74, 6) is 1.55. The minimum Gasteiger partial charge on any atom is -0.481 e. The minimum absolute atomic E-state index is 0.0268. The number of ether oxygens (including phenoxy) is 2. The molecule has 5 nitrogen and oxygen atoms in total. The molecule has 1 heterocycles. The van der Waals surface area contributed by atoms with Crippen LogP contribution in [-0.4, -0.2) is 25.1 Å². The fraction of sp³-hybridized carbons (Fsp3) is 0.500. The van der Waals surface area contributed by atoms with Crippen molar-refractivity contribution in [3.63, 3.8) is 0 Å². The Morgan fingerprint density at radius 2 is 1.59 bits per heavy atom. The lowest BCUT2D eigenvalue weighted by Gasteiger charge is -2.16. The number of amides is 1. The maximum absolute atomic E-state index is 12.3. The second kappa shape index (κ2) is 13.6. The molecule has 0 saturated heterocycles. The van der Waals surface area contributed by atoms with Crippen LogP contribution in [0.3, 0.4) is 0 Å². The number of methoxy groups -OCH3 is 2. The van der Waals surface area contributed by atoms with Crippen LogP contribution < -0.4 is 14.8 Å². The highest BCUT2D eigenvalue weighted by Crippen LogP contribution is 2.26. The lowest BCUT2D eigenvalue weighted by atomic mass is 9.97. The standard InChI is InChI=1S/C15H24N2O3.C9H12/c1-5-7-11(8-6-2)14(18)16-12-9-10-13(19-3)17-15(12)20-4;1-8(2)9-6-4-3-5-7-9/h9-11H,5-8H2,1-4H3,(H,16,18);3-8H,1-2H3. The molecule has 2 rings (SSSR count). The summed E-state index contributed by atoms with van der Waals surface area (Å²) in [5, 5.41) is 2.90. The van der Waals surface area contributed by atoms with Crippen LogP contribution in [0.25, 0.3) is 0 Å². The van der Waals surface area contributed by atoms with E-state index >= 15 is 0 Å². The molecular weight excluding hydrogens is 364 g/mol. The van der Waals surface area contributed by atoms with Gasteiger partial charge in [0.05, 0.1) is 14.2 Å². The van der Waals surface area contributed by atoms with Gasteiger partial charge < -0.3 is 14.8 Å². The van der Waals surface area contributed by atoms with Gasteiger partial charge in [-0.3, -0.25) is 4.79 Å². The highest BCUT2D eigenvalue weighted by Gasteiger charge is 2.18. The number of pyridine rings is 1. The second-order valence-electron chi connectivity index (χ2n) is 7.24. The number of anilines is 1. The summed E-state index contributed by atoms with van der Waals surface area (Å²) in [6.45, 7) is 8.58. The Morgan fingerprint density at radius 3 is 2.03 bits per heavy atom. The van der Waals surface area contributed by atoms with Crippen molar-refractivity contribution in [2.45, 2.75) is 59.3 Å². The zero-order chi connectivity index (χ0) is 21.6. The minimum atomic E-state index is 0.0268. The Bertz CT molecular complexity index is 711. The molecule has 29 heavy (non-hydrogen) atoms. The zero-order valence-corrected chi connectivity index (χ0v) is 18.7. The summed E-state index contributed by atoms with van der Waals surface area (Å²) < 4.78 is 10.2. The fourth-order valence-electron chi connectivity index (χ4n) is 2.96. The van der Waals surface area contributed by atoms with E-state index in [0.29, 0.717) is 23.4 Å². The van der Waals surface area contributed by atoms with Crippen LogP contribution in [-0.2, 0) is 4.79 Å². The largest absolute Gasteiger partial charge is 0.481 e. The third-order valence-corrected chi connectivity index (χ3v) is 4.61. The Morgan fingerprint density at radius 1 is 0.966 bits per heavy atom. The van der Waals surface area contributed by atoms with Crippen molar-refractivity contribution >= 4 is 11.6 Å². The predicted molar refractivity (Wildman–Crippen MR) is 120 cm³/mol. The summed E-state index contributed by atoms with van der Waals surface area (Å²) in [5.41, 5.74) is 1.99. The molecule has 0 aliphatic carbocycles. The fourth-order valence-corrected chi connectivity index (χ4v) is 2.96. The molecule has 5 heteroatoms. The molecule has 0 spiro atoms. The molecule has 0 unspecified atom stereocenters. The third-order valence-electron chi connectivity index (χ3n) is 4.61. The third kappa shape index (κ3) is 8.55. The van der Waals surface area contributed by atoms with E-state index in [-0.39, 0.29) is 11.8 Å². The molecule has 0 fully saturated rings. The van der Waals surface area contributed by atoms with Gasteiger partial charge in [0.25, 0.3) is 0 Å². The molecular formula is C24H36N2O3. The molecule has 0 radical (unpaired) electrons. The zero-order valence-electron chi connectivity index (χ0n) is 18.7. The van der Waals surface area contributed by atoms with E-state index in [1.807, 2.05) is 6.07 Å². The molecule has 0 atom stereocenters. The summed E-state index contributed by atoms with van der Waals surface area (Å²) >= 11 is 0. The van der Waals surface area contributed by atoms with E-state index in [0.717, 1.165) is 25.7 Å². The molecule has 1 aromatic heterocycles. The maximum atomic E-state index is 12.3. The van der Waals surface area contributed by atoms with Crippen LogP contribution in [0.15, 0.2) is 42.5 Å². The molecule has 0 aliphatic rings. The summed E-state index contributed by atoms with van der Waals surface area (Å²) in [6, 6.07) is 14.0. The van der Waals surface area contributed by atoms with Gasteiger partial charge in [-0.05, 0) is 30.4 Å². The van der Waals surface area contributed by atoms with E-state index in [4.69, 9.17) is 9.47 Å². The lowest BCUT2D eigenvalue weighted by Crippen LogP contribution is -2.23. The van der Waals surface area contributed by atoms with Crippen molar-refractivity contribution < 1.29 is 14.3 Å². The van der Waals surface area contributed by atoms with Gasteiger partial charge in [-0.15, -0.1) is 0 Å². The van der Waals surface area contributed by atoms with Gasteiger partial charge in [0.15, 0.2) is 0 Å². The summed E-state index contributed by atoms with van der Waals surface area (Å²) in [4.78, 5) is 16.4. The molecule has 160 valence electrons. The number of rotatable bonds is 9. The molecule has 0 bridgehead atoms. The lowest BCUT2D eigenvalue weighted by molar-refractivity contribution is -0.120. The number of aromatic nitrogens is 1. The normalized spacial score (nSPS) is 10.3. The van der Waals surface area contributed by atoms with Gasteiger partial charge in [0, 0.05) is 12.0 Å². The van der Waals surface area contributed by atoms with Crippen molar-refractivity contribution in [2.24, 2.45) is 5.92 Å². The van der Waals surface area contributed by atoms with Gasteiger partial charge >= 0.3 is 0 Å². The van der Waals surface area contributed by atoms with E-state index < -0.39 is 0 Å². The Kier molecular flexibility index (Phi) is 11.5. The van der Waals surface area contributed by atoms with Gasteiger partial charge in [-0.1, -0.05) is 70.9 Å². The quantitative estimate of drug-likeness (QED) is 0.555. The molecule has 1 aromatic carbocycles. The van der Waals surface area contributed by atoms with Gasteiger partial charge in [0.1, 0.15) is 5.69 Å². The van der Waals surface area contributed by atoms with Gasteiger partial charge in [-0.25, -0.2) is 0 Å². The van der Waals surface area contributed by atoms with E-state index in [1.54, 1.807) is 19.2 Å². The van der Waals surface area contributed by atoms with Gasteiger partial charge in [0.2, 0.25) is 17.7 Å². The number of benzene rings is 1. The number of nitrogens with one attached hydrogen (secondary N) is 1. The highest BCUT2D eigenvalue weighted by atomic mass is 16.5. The number of hydrogen-bond acceptors (Lipinski definition) is 4. The Labute approximate surface area is 175 Å². The first kappa shape index (κ1) is 24.5. The van der Waals surface area contributed by atoms with Crippen molar-refractivity contribution in [3.8, 4) is 11.8 Å². The van der Waals surface area contributed by atoms with Crippen LogP contribution in [0, 0.1) is 5.92 Å². The average molecular weight is 401 g/mol.